The summed E-state index contributed by atoms with van der Waals surface area (Å²) in [5.74, 6) is 2.47. The van der Waals surface area contributed by atoms with Gasteiger partial charge in [-0.15, -0.1) is 0 Å². The van der Waals surface area contributed by atoms with Crippen LogP contribution in [0.2, 0.25) is 0 Å². The third kappa shape index (κ3) is 3.72. The van der Waals surface area contributed by atoms with Crippen LogP contribution in [0.5, 0.6) is 11.5 Å². The molecule has 0 aliphatic carbocycles. The molecule has 0 amide bonds. The van der Waals surface area contributed by atoms with Gasteiger partial charge >= 0.3 is 0 Å². The molecule has 1 aliphatic heterocycles. The van der Waals surface area contributed by atoms with Gasteiger partial charge in [0, 0.05) is 11.0 Å². The van der Waals surface area contributed by atoms with Crippen molar-refractivity contribution in [2.75, 3.05) is 19.2 Å². The molecule has 0 bridgehead atoms. The van der Waals surface area contributed by atoms with Gasteiger partial charge in [0.2, 0.25) is 6.79 Å². The van der Waals surface area contributed by atoms with Gasteiger partial charge in [-0.25, -0.2) is 0 Å². The lowest BCUT2D eigenvalue weighted by molar-refractivity contribution is 0.174. The highest BCUT2D eigenvalue weighted by atomic mass is 33.1. The van der Waals surface area contributed by atoms with Crippen LogP contribution in [-0.4, -0.2) is 29.5 Å². The average Bonchev–Trinajstić information content (AvgIpc) is 2.76. The van der Waals surface area contributed by atoms with E-state index < -0.39 is 0 Å². The Morgan fingerprint density at radius 3 is 3.00 bits per heavy atom. The molecular formula is C12H16O3S2. The summed E-state index contributed by atoms with van der Waals surface area (Å²) < 4.78 is 10.6. The molecule has 1 N–H and O–H groups in total. The molecule has 5 heteroatoms. The van der Waals surface area contributed by atoms with Crippen LogP contribution in [0.3, 0.4) is 0 Å². The maximum atomic E-state index is 8.71. The molecule has 0 aromatic heterocycles. The Balaban J connectivity index is 1.86. The van der Waals surface area contributed by atoms with Gasteiger partial charge in [0.25, 0.3) is 0 Å². The Kier molecular flexibility index (Phi) is 4.88. The van der Waals surface area contributed by atoms with Gasteiger partial charge < -0.3 is 14.6 Å². The van der Waals surface area contributed by atoms with Crippen molar-refractivity contribution in [3.63, 3.8) is 0 Å². The molecule has 1 aromatic carbocycles. The molecular weight excluding hydrogens is 256 g/mol. The van der Waals surface area contributed by atoms with Crippen molar-refractivity contribution in [2.24, 2.45) is 0 Å². The fraction of sp³-hybridized carbons (Fsp3) is 0.500. The maximum Gasteiger partial charge on any atom is 0.231 e. The van der Waals surface area contributed by atoms with Crippen LogP contribution in [0.25, 0.3) is 0 Å². The van der Waals surface area contributed by atoms with Gasteiger partial charge in [0.1, 0.15) is 0 Å². The molecule has 0 saturated carbocycles. The number of fused-ring (bicyclic) bond motifs is 1. The summed E-state index contributed by atoms with van der Waals surface area (Å²) in [6.45, 7) is 2.77. The van der Waals surface area contributed by atoms with E-state index in [-0.39, 0.29) is 6.61 Å². The quantitative estimate of drug-likeness (QED) is 0.637. The monoisotopic (exact) mass is 272 g/mol. The SMILES string of the molecule is CC(Cc1ccc2c(c1)OCO2)SSCCO. The van der Waals surface area contributed by atoms with Crippen LogP contribution in [-0.2, 0) is 6.42 Å². The van der Waals surface area contributed by atoms with Gasteiger partial charge in [0.15, 0.2) is 11.5 Å². The van der Waals surface area contributed by atoms with Crippen molar-refractivity contribution >= 4 is 21.6 Å². The summed E-state index contributed by atoms with van der Waals surface area (Å²) in [6, 6.07) is 6.10. The van der Waals surface area contributed by atoms with Gasteiger partial charge in [0.05, 0.1) is 6.61 Å². The third-order valence-corrected chi connectivity index (χ3v) is 5.24. The van der Waals surface area contributed by atoms with Crippen molar-refractivity contribution in [1.82, 2.24) is 0 Å². The van der Waals surface area contributed by atoms with E-state index in [0.717, 1.165) is 23.7 Å². The van der Waals surface area contributed by atoms with Crippen molar-refractivity contribution in [3.8, 4) is 11.5 Å². The third-order valence-electron chi connectivity index (χ3n) is 2.37. The van der Waals surface area contributed by atoms with Gasteiger partial charge in [-0.1, -0.05) is 34.6 Å². The van der Waals surface area contributed by atoms with Crippen molar-refractivity contribution in [3.05, 3.63) is 23.8 Å². The zero-order valence-electron chi connectivity index (χ0n) is 9.72. The minimum atomic E-state index is 0.244. The number of rotatable bonds is 6. The summed E-state index contributed by atoms with van der Waals surface area (Å²) in [4.78, 5) is 0. The number of hydrogen-bond acceptors (Lipinski definition) is 5. The number of aliphatic hydroxyl groups excluding tert-OH is 1. The molecule has 1 aliphatic rings. The molecule has 1 unspecified atom stereocenters. The molecule has 2 rings (SSSR count). The lowest BCUT2D eigenvalue weighted by Crippen LogP contribution is -2.00. The first-order chi connectivity index (χ1) is 8.29. The van der Waals surface area contributed by atoms with Crippen molar-refractivity contribution in [2.45, 2.75) is 18.6 Å². The molecule has 1 heterocycles. The van der Waals surface area contributed by atoms with Gasteiger partial charge in [-0.2, -0.15) is 0 Å². The average molecular weight is 272 g/mol. The van der Waals surface area contributed by atoms with Crippen LogP contribution >= 0.6 is 21.6 Å². The highest BCUT2D eigenvalue weighted by Gasteiger charge is 2.14. The van der Waals surface area contributed by atoms with Crippen LogP contribution < -0.4 is 9.47 Å². The van der Waals surface area contributed by atoms with Crippen molar-refractivity contribution < 1.29 is 14.6 Å². The Morgan fingerprint density at radius 2 is 2.18 bits per heavy atom. The summed E-state index contributed by atoms with van der Waals surface area (Å²) in [5, 5.41) is 9.23. The summed E-state index contributed by atoms with van der Waals surface area (Å²) >= 11 is 0. The second-order valence-electron chi connectivity index (χ2n) is 3.84. The lowest BCUT2D eigenvalue weighted by Gasteiger charge is -2.10. The molecule has 0 saturated heterocycles. The first-order valence-electron chi connectivity index (χ1n) is 5.57. The minimum Gasteiger partial charge on any atom is -0.454 e. The van der Waals surface area contributed by atoms with E-state index in [1.807, 2.05) is 16.9 Å². The highest BCUT2D eigenvalue weighted by molar-refractivity contribution is 8.76. The molecule has 0 fully saturated rings. The molecule has 1 aromatic rings. The van der Waals surface area contributed by atoms with Gasteiger partial charge in [-0.3, -0.25) is 0 Å². The van der Waals surface area contributed by atoms with E-state index in [0.29, 0.717) is 12.0 Å². The Labute approximate surface area is 109 Å². The van der Waals surface area contributed by atoms with Gasteiger partial charge in [-0.05, 0) is 24.1 Å². The maximum absolute atomic E-state index is 8.71. The summed E-state index contributed by atoms with van der Waals surface area (Å²) in [5.41, 5.74) is 1.26. The number of hydrogen-bond donors (Lipinski definition) is 1. The summed E-state index contributed by atoms with van der Waals surface area (Å²) in [7, 11) is 3.53. The number of ether oxygens (including phenoxy) is 2. The van der Waals surface area contributed by atoms with Crippen LogP contribution in [0.15, 0.2) is 18.2 Å². The minimum absolute atomic E-state index is 0.244. The molecule has 0 spiro atoms. The van der Waals surface area contributed by atoms with Crippen LogP contribution in [0.4, 0.5) is 0 Å². The Bertz CT molecular complexity index is 371. The zero-order valence-corrected chi connectivity index (χ0v) is 11.4. The lowest BCUT2D eigenvalue weighted by atomic mass is 10.1. The Morgan fingerprint density at radius 1 is 1.35 bits per heavy atom. The molecule has 1 atom stereocenters. The zero-order chi connectivity index (χ0) is 12.1. The van der Waals surface area contributed by atoms with Crippen molar-refractivity contribution in [1.29, 1.82) is 0 Å². The second-order valence-corrected chi connectivity index (χ2v) is 6.77. The normalized spacial score (nSPS) is 14.9. The fourth-order valence-corrected chi connectivity index (χ4v) is 3.71. The number of aliphatic hydroxyl groups is 1. The predicted octanol–water partition coefficient (Wildman–Crippen LogP) is 2.72. The standard InChI is InChI=1S/C12H16O3S2/c1-9(17-16-5-4-13)6-10-2-3-11-12(7-10)15-8-14-11/h2-3,7,9,13H,4-6,8H2,1H3. The molecule has 3 nitrogen and oxygen atoms in total. The fourth-order valence-electron chi connectivity index (χ4n) is 1.64. The van der Waals surface area contributed by atoms with E-state index in [9.17, 15) is 0 Å². The van der Waals surface area contributed by atoms with Crippen LogP contribution in [0, 0.1) is 0 Å². The number of benzene rings is 1. The Hall–Kier alpha value is -0.520. The van der Waals surface area contributed by atoms with E-state index in [1.54, 1.807) is 10.8 Å². The predicted molar refractivity (Wildman–Crippen MR) is 72.9 cm³/mol. The highest BCUT2D eigenvalue weighted by Crippen LogP contribution is 2.34. The second kappa shape index (κ2) is 6.42. The van der Waals surface area contributed by atoms with E-state index in [4.69, 9.17) is 14.6 Å². The van der Waals surface area contributed by atoms with E-state index >= 15 is 0 Å². The van der Waals surface area contributed by atoms with E-state index in [1.165, 1.54) is 5.56 Å². The van der Waals surface area contributed by atoms with E-state index in [2.05, 4.69) is 19.1 Å². The molecule has 17 heavy (non-hydrogen) atoms. The summed E-state index contributed by atoms with van der Waals surface area (Å²) in [6.07, 6.45) is 1.000. The topological polar surface area (TPSA) is 38.7 Å². The molecule has 0 radical (unpaired) electrons. The van der Waals surface area contributed by atoms with Crippen LogP contribution in [0.1, 0.15) is 12.5 Å². The first kappa shape index (κ1) is 12.9. The first-order valence-corrected chi connectivity index (χ1v) is 7.95. The molecule has 94 valence electrons. The largest absolute Gasteiger partial charge is 0.454 e. The smallest absolute Gasteiger partial charge is 0.231 e.